The molecule has 5 nitrogen and oxygen atoms in total. The average molecular weight is 395 g/mol. The zero-order valence-corrected chi connectivity index (χ0v) is 17.9. The predicted octanol–water partition coefficient (Wildman–Crippen LogP) is 4.76. The minimum absolute atomic E-state index is 0.0667. The van der Waals surface area contributed by atoms with Gasteiger partial charge in [0.15, 0.2) is 6.61 Å². The van der Waals surface area contributed by atoms with E-state index in [0.29, 0.717) is 23.9 Å². The molecule has 1 N–H and O–H groups in total. The fourth-order valence-electron chi connectivity index (χ4n) is 3.37. The lowest BCUT2D eigenvalue weighted by Gasteiger charge is -2.26. The van der Waals surface area contributed by atoms with Gasteiger partial charge in [0.05, 0.1) is 0 Å². The monoisotopic (exact) mass is 394 g/mol. The van der Waals surface area contributed by atoms with Gasteiger partial charge in [-0.25, -0.2) is 0 Å². The molecule has 0 saturated carbocycles. The highest BCUT2D eigenvalue weighted by Gasteiger charge is 2.32. The van der Waals surface area contributed by atoms with Crippen LogP contribution in [0.2, 0.25) is 0 Å². The van der Waals surface area contributed by atoms with Crippen molar-refractivity contribution in [1.29, 1.82) is 0 Å². The zero-order valence-electron chi connectivity index (χ0n) is 17.9. The fourth-order valence-corrected chi connectivity index (χ4v) is 3.37. The molecule has 2 aromatic carbocycles. The summed E-state index contributed by atoms with van der Waals surface area (Å²) in [6.07, 6.45) is 0.834. The van der Waals surface area contributed by atoms with Crippen molar-refractivity contribution < 1.29 is 14.3 Å². The second-order valence-electron chi connectivity index (χ2n) is 8.86. The lowest BCUT2D eigenvalue weighted by molar-refractivity contribution is -0.125. The van der Waals surface area contributed by atoms with Crippen LogP contribution in [-0.2, 0) is 16.0 Å². The third-order valence-corrected chi connectivity index (χ3v) is 5.07. The molecule has 0 atom stereocenters. The third kappa shape index (κ3) is 4.97. The maximum absolute atomic E-state index is 12.7. The van der Waals surface area contributed by atoms with E-state index in [2.05, 4.69) is 19.2 Å². The molecule has 1 aliphatic heterocycles. The number of nitrogens with one attached hydrogen (secondary N) is 1. The molecule has 29 heavy (non-hydrogen) atoms. The Bertz CT molecular complexity index is 895. The van der Waals surface area contributed by atoms with Gasteiger partial charge in [0.2, 0.25) is 5.91 Å². The van der Waals surface area contributed by atoms with Gasteiger partial charge in [0, 0.05) is 23.3 Å². The summed E-state index contributed by atoms with van der Waals surface area (Å²) in [5.74, 6) is 0.981. The van der Waals surface area contributed by atoms with E-state index >= 15 is 0 Å². The molecule has 0 unspecified atom stereocenters. The highest BCUT2D eigenvalue weighted by atomic mass is 16.5. The van der Waals surface area contributed by atoms with E-state index in [4.69, 9.17) is 4.74 Å². The van der Waals surface area contributed by atoms with E-state index < -0.39 is 5.41 Å². The van der Waals surface area contributed by atoms with Gasteiger partial charge in [0.1, 0.15) is 5.75 Å². The molecule has 0 radical (unpaired) electrons. The first-order valence-corrected chi connectivity index (χ1v) is 10.1. The van der Waals surface area contributed by atoms with Crippen molar-refractivity contribution in [2.24, 2.45) is 5.41 Å². The molecular formula is C24H30N2O3. The SMILES string of the molecule is CC(C)c1ccc(OCC(=O)Nc2ccc3c(c2)N(C(=O)C(C)(C)C)CC3)cc1. The van der Waals surface area contributed by atoms with E-state index in [-0.39, 0.29) is 18.4 Å². The van der Waals surface area contributed by atoms with Crippen molar-refractivity contribution >= 4 is 23.2 Å². The average Bonchev–Trinajstić information content (AvgIpc) is 3.08. The standard InChI is InChI=1S/C24H30N2O3/c1-16(2)17-7-10-20(11-8-17)29-15-22(27)25-19-9-6-18-12-13-26(21(18)14-19)23(28)24(3,4)5/h6-11,14,16H,12-13,15H2,1-5H3,(H,25,27). The second kappa shape index (κ2) is 8.27. The van der Waals surface area contributed by atoms with Gasteiger partial charge in [0.25, 0.3) is 5.91 Å². The number of carbonyl (C=O) groups excluding carboxylic acids is 2. The summed E-state index contributed by atoms with van der Waals surface area (Å²) in [5.41, 5.74) is 3.46. The van der Waals surface area contributed by atoms with Crippen LogP contribution in [0.15, 0.2) is 42.5 Å². The molecule has 2 aromatic rings. The zero-order chi connectivity index (χ0) is 21.2. The molecule has 154 valence electrons. The number of fused-ring (bicyclic) bond motifs is 1. The summed E-state index contributed by atoms with van der Waals surface area (Å²) in [6.45, 7) is 10.6. The first-order valence-electron chi connectivity index (χ1n) is 10.1. The summed E-state index contributed by atoms with van der Waals surface area (Å²) in [7, 11) is 0. The van der Waals surface area contributed by atoms with Crippen LogP contribution in [0.3, 0.4) is 0 Å². The number of hydrogen-bond donors (Lipinski definition) is 1. The molecular weight excluding hydrogens is 364 g/mol. The number of carbonyl (C=O) groups is 2. The van der Waals surface area contributed by atoms with E-state index in [9.17, 15) is 9.59 Å². The van der Waals surface area contributed by atoms with E-state index in [1.807, 2.05) is 68.1 Å². The van der Waals surface area contributed by atoms with Crippen molar-refractivity contribution in [3.63, 3.8) is 0 Å². The number of nitrogens with zero attached hydrogens (tertiary/aromatic N) is 1. The van der Waals surface area contributed by atoms with Crippen LogP contribution in [0.1, 0.15) is 51.7 Å². The van der Waals surface area contributed by atoms with Gasteiger partial charge in [-0.1, -0.05) is 52.8 Å². The summed E-state index contributed by atoms with van der Waals surface area (Å²) in [4.78, 5) is 26.8. The number of ether oxygens (including phenoxy) is 1. The Morgan fingerprint density at radius 2 is 1.79 bits per heavy atom. The predicted molar refractivity (Wildman–Crippen MR) is 117 cm³/mol. The van der Waals surface area contributed by atoms with Crippen LogP contribution < -0.4 is 15.0 Å². The summed E-state index contributed by atoms with van der Waals surface area (Å²) < 4.78 is 5.59. The molecule has 0 spiro atoms. The van der Waals surface area contributed by atoms with Crippen molar-refractivity contribution in [2.75, 3.05) is 23.4 Å². The number of benzene rings is 2. The van der Waals surface area contributed by atoms with Crippen molar-refractivity contribution in [3.05, 3.63) is 53.6 Å². The summed E-state index contributed by atoms with van der Waals surface area (Å²) in [5, 5.41) is 2.87. The maximum atomic E-state index is 12.7. The van der Waals surface area contributed by atoms with E-state index in [1.165, 1.54) is 5.56 Å². The van der Waals surface area contributed by atoms with Gasteiger partial charge < -0.3 is 15.0 Å². The van der Waals surface area contributed by atoms with Crippen LogP contribution in [0, 0.1) is 5.41 Å². The number of anilines is 2. The largest absolute Gasteiger partial charge is 0.484 e. The molecule has 3 rings (SSSR count). The molecule has 0 fully saturated rings. The Hall–Kier alpha value is -2.82. The maximum Gasteiger partial charge on any atom is 0.262 e. The molecule has 1 aliphatic rings. The molecule has 0 saturated heterocycles. The lowest BCUT2D eigenvalue weighted by atomic mass is 9.94. The topological polar surface area (TPSA) is 58.6 Å². The smallest absolute Gasteiger partial charge is 0.262 e. The highest BCUT2D eigenvalue weighted by Crippen LogP contribution is 2.34. The first-order chi connectivity index (χ1) is 13.6. The van der Waals surface area contributed by atoms with Crippen molar-refractivity contribution in [2.45, 2.75) is 47.0 Å². The summed E-state index contributed by atoms with van der Waals surface area (Å²) in [6, 6.07) is 13.5. The Balaban J connectivity index is 1.62. The number of amides is 2. The normalized spacial score (nSPS) is 13.4. The van der Waals surface area contributed by atoms with Gasteiger partial charge in [-0.3, -0.25) is 9.59 Å². The fraction of sp³-hybridized carbons (Fsp3) is 0.417. The summed E-state index contributed by atoms with van der Waals surface area (Å²) >= 11 is 0. The van der Waals surface area contributed by atoms with Gasteiger partial charge in [-0.15, -0.1) is 0 Å². The van der Waals surface area contributed by atoms with E-state index in [1.54, 1.807) is 0 Å². The quantitative estimate of drug-likeness (QED) is 0.795. The van der Waals surface area contributed by atoms with Gasteiger partial charge in [-0.05, 0) is 47.7 Å². The van der Waals surface area contributed by atoms with Crippen LogP contribution >= 0.6 is 0 Å². The minimum Gasteiger partial charge on any atom is -0.484 e. The Labute approximate surface area is 173 Å². The molecule has 0 aromatic heterocycles. The second-order valence-corrected chi connectivity index (χ2v) is 8.86. The lowest BCUT2D eigenvalue weighted by Crippen LogP contribution is -2.38. The van der Waals surface area contributed by atoms with Gasteiger partial charge in [-0.2, -0.15) is 0 Å². The minimum atomic E-state index is -0.445. The molecule has 0 aliphatic carbocycles. The Kier molecular flexibility index (Phi) is 5.96. The molecule has 1 heterocycles. The molecule has 0 bridgehead atoms. The Morgan fingerprint density at radius 3 is 2.41 bits per heavy atom. The first kappa shape index (κ1) is 20.9. The highest BCUT2D eigenvalue weighted by molar-refractivity contribution is 6.00. The van der Waals surface area contributed by atoms with Crippen LogP contribution in [0.25, 0.3) is 0 Å². The Morgan fingerprint density at radius 1 is 1.10 bits per heavy atom. The van der Waals surface area contributed by atoms with Crippen molar-refractivity contribution in [3.8, 4) is 5.75 Å². The number of rotatable bonds is 5. The van der Waals surface area contributed by atoms with Crippen LogP contribution in [0.5, 0.6) is 5.75 Å². The third-order valence-electron chi connectivity index (χ3n) is 5.07. The van der Waals surface area contributed by atoms with Gasteiger partial charge >= 0.3 is 0 Å². The van der Waals surface area contributed by atoms with Crippen LogP contribution in [0.4, 0.5) is 11.4 Å². The molecule has 2 amide bonds. The number of hydrogen-bond acceptors (Lipinski definition) is 3. The molecule has 5 heteroatoms. The van der Waals surface area contributed by atoms with Crippen molar-refractivity contribution in [1.82, 2.24) is 0 Å². The van der Waals surface area contributed by atoms with E-state index in [0.717, 1.165) is 17.7 Å². The van der Waals surface area contributed by atoms with Crippen LogP contribution in [-0.4, -0.2) is 25.0 Å².